The minimum Gasteiger partial charge on any atom is -0.333 e. The molecule has 3 nitrogen and oxygen atoms in total. The Morgan fingerprint density at radius 2 is 1.21 bits per heavy atom. The predicted octanol–water partition coefficient (Wildman–Crippen LogP) is 12.9. The van der Waals surface area contributed by atoms with Crippen LogP contribution in [0.5, 0.6) is 0 Å². The van der Waals surface area contributed by atoms with Crippen molar-refractivity contribution in [3.05, 3.63) is 232 Å². The molecule has 2 atom stereocenters. The van der Waals surface area contributed by atoms with Crippen molar-refractivity contribution >= 4 is 48.8 Å². The summed E-state index contributed by atoms with van der Waals surface area (Å²) in [5.41, 5.74) is 14.9. The van der Waals surface area contributed by atoms with Gasteiger partial charge in [0.05, 0.1) is 5.41 Å². The van der Waals surface area contributed by atoms with Gasteiger partial charge in [0.25, 0.3) is 0 Å². The molecule has 12 rings (SSSR count). The summed E-state index contributed by atoms with van der Waals surface area (Å²) in [6.07, 6.45) is 5.65. The van der Waals surface area contributed by atoms with Crippen molar-refractivity contribution in [1.82, 2.24) is 4.90 Å². The number of amidine groups is 2. The van der Waals surface area contributed by atoms with Gasteiger partial charge in [0.2, 0.25) is 0 Å². The fraction of sp³-hybridized carbons (Fsp3) is 0.111. The van der Waals surface area contributed by atoms with Crippen LogP contribution in [0.1, 0.15) is 64.0 Å². The van der Waals surface area contributed by atoms with Gasteiger partial charge in [-0.05, 0) is 80.8 Å². The molecule has 7 aromatic carbocycles. The zero-order chi connectivity index (χ0) is 38.6. The summed E-state index contributed by atoms with van der Waals surface area (Å²) < 4.78 is 2.58. The highest BCUT2D eigenvalue weighted by molar-refractivity contribution is 7.25. The molecule has 1 aliphatic heterocycles. The van der Waals surface area contributed by atoms with Gasteiger partial charge in [0.15, 0.2) is 12.0 Å². The van der Waals surface area contributed by atoms with Crippen molar-refractivity contribution in [2.24, 2.45) is 9.98 Å². The number of benzene rings is 7. The van der Waals surface area contributed by atoms with Crippen LogP contribution in [0.2, 0.25) is 0 Å². The Labute approximate surface area is 342 Å². The van der Waals surface area contributed by atoms with E-state index in [1.165, 1.54) is 70.3 Å². The zero-order valence-electron chi connectivity index (χ0n) is 32.4. The van der Waals surface area contributed by atoms with Crippen molar-refractivity contribution < 1.29 is 0 Å². The number of nitrogens with zero attached hydrogens (tertiary/aromatic N) is 3. The molecular formula is C54H39N3S. The highest BCUT2D eigenvalue weighted by atomic mass is 32.1. The Morgan fingerprint density at radius 3 is 1.98 bits per heavy atom. The predicted molar refractivity (Wildman–Crippen MR) is 242 cm³/mol. The third kappa shape index (κ3) is 4.55. The molecule has 0 N–H and O–H groups in total. The number of rotatable bonds is 4. The Balaban J connectivity index is 1.03. The molecule has 4 aliphatic rings. The van der Waals surface area contributed by atoms with Crippen molar-refractivity contribution in [2.75, 3.05) is 7.05 Å². The molecule has 0 saturated heterocycles. The van der Waals surface area contributed by atoms with E-state index in [2.05, 4.69) is 201 Å². The van der Waals surface area contributed by atoms with E-state index in [9.17, 15) is 0 Å². The first-order valence-electron chi connectivity index (χ1n) is 20.2. The van der Waals surface area contributed by atoms with Crippen molar-refractivity contribution in [2.45, 2.75) is 30.3 Å². The first kappa shape index (κ1) is 33.5. The molecule has 2 unspecified atom stereocenters. The number of allylic oxidation sites excluding steroid dienone is 4. The Bertz CT molecular complexity index is 3100. The second-order valence-corrected chi connectivity index (χ2v) is 17.4. The standard InChI is InChI=1S/C54H39N3S/c1-53-31-30-35(33-49(53)54(46-26-14-13-25-45(46)53)43-23-11-8-19-38(43)39-20-9-12-24-44(39)54)37-18-6-7-22-41(37)52-56-50(34-16-4-3-5-17-34)55-51(57(52)2)36-28-29-48-42(32-36)40-21-10-15-27-47(40)58-48/h3-30,32-33,52H,31H2,1-2H3. The molecule has 0 radical (unpaired) electrons. The Kier molecular flexibility index (Phi) is 7.19. The van der Waals surface area contributed by atoms with E-state index < -0.39 is 0 Å². The van der Waals surface area contributed by atoms with E-state index >= 15 is 0 Å². The van der Waals surface area contributed by atoms with Gasteiger partial charge >= 0.3 is 0 Å². The largest absolute Gasteiger partial charge is 0.333 e. The van der Waals surface area contributed by atoms with E-state index in [-0.39, 0.29) is 17.0 Å². The monoisotopic (exact) mass is 761 g/mol. The van der Waals surface area contributed by atoms with Crippen LogP contribution < -0.4 is 0 Å². The third-order valence-electron chi connectivity index (χ3n) is 13.3. The average Bonchev–Trinajstić information content (AvgIpc) is 3.88. The third-order valence-corrected chi connectivity index (χ3v) is 14.4. The molecule has 4 heteroatoms. The van der Waals surface area contributed by atoms with E-state index in [0.29, 0.717) is 0 Å². The number of aliphatic imine (C=N–C) groups is 2. The molecule has 1 spiro atoms. The number of fused-ring (bicyclic) bond motifs is 13. The highest BCUT2D eigenvalue weighted by Gasteiger charge is 2.59. The second-order valence-electron chi connectivity index (χ2n) is 16.3. The molecule has 1 aromatic heterocycles. The molecule has 58 heavy (non-hydrogen) atoms. The van der Waals surface area contributed by atoms with Gasteiger partial charge in [-0.3, -0.25) is 0 Å². The van der Waals surface area contributed by atoms with Crippen LogP contribution in [0.3, 0.4) is 0 Å². The molecule has 8 aromatic rings. The minimum absolute atomic E-state index is 0.163. The maximum absolute atomic E-state index is 5.49. The van der Waals surface area contributed by atoms with E-state index in [4.69, 9.17) is 9.98 Å². The van der Waals surface area contributed by atoms with Crippen LogP contribution >= 0.6 is 11.3 Å². The van der Waals surface area contributed by atoms with E-state index in [1.807, 2.05) is 11.3 Å². The molecule has 0 saturated carbocycles. The first-order chi connectivity index (χ1) is 28.5. The number of hydrogen-bond acceptors (Lipinski definition) is 4. The fourth-order valence-electron chi connectivity index (χ4n) is 10.7. The van der Waals surface area contributed by atoms with Crippen molar-refractivity contribution in [1.29, 1.82) is 0 Å². The average molecular weight is 762 g/mol. The smallest absolute Gasteiger partial charge is 0.159 e. The lowest BCUT2D eigenvalue weighted by Crippen LogP contribution is -2.36. The Hall–Kier alpha value is -6.62. The molecular weight excluding hydrogens is 723 g/mol. The van der Waals surface area contributed by atoms with Gasteiger partial charge in [-0.2, -0.15) is 0 Å². The SMILES string of the molecule is CN1C(c2ccc3sc4ccccc4c3c2)=NC(c2ccccc2)=NC1c1ccccc1C1=CCC2(C)C(=C1)C1(c3ccccc3-c3ccccc31)c1ccccc12. The summed E-state index contributed by atoms with van der Waals surface area (Å²) in [6.45, 7) is 2.47. The lowest BCUT2D eigenvalue weighted by atomic mass is 9.64. The van der Waals surface area contributed by atoms with Gasteiger partial charge in [-0.1, -0.05) is 165 Å². The van der Waals surface area contributed by atoms with Crippen LogP contribution in [-0.4, -0.2) is 23.6 Å². The van der Waals surface area contributed by atoms with Crippen molar-refractivity contribution in [3.8, 4) is 11.1 Å². The van der Waals surface area contributed by atoms with Crippen molar-refractivity contribution in [3.63, 3.8) is 0 Å². The van der Waals surface area contributed by atoms with E-state index in [0.717, 1.165) is 34.8 Å². The normalized spacial score (nSPS) is 19.9. The molecule has 276 valence electrons. The van der Waals surface area contributed by atoms with Gasteiger partial charge in [0, 0.05) is 49.3 Å². The molecule has 0 fully saturated rings. The van der Waals surface area contributed by atoms with Gasteiger partial charge in [0.1, 0.15) is 5.84 Å². The van der Waals surface area contributed by atoms with Crippen LogP contribution in [0, 0.1) is 0 Å². The van der Waals surface area contributed by atoms with Gasteiger partial charge in [-0.25, -0.2) is 9.98 Å². The van der Waals surface area contributed by atoms with E-state index in [1.54, 1.807) is 0 Å². The number of hydrogen-bond donors (Lipinski definition) is 0. The summed E-state index contributed by atoms with van der Waals surface area (Å²) in [6, 6.07) is 62.3. The quantitative estimate of drug-likeness (QED) is 0.176. The number of thiophene rings is 1. The van der Waals surface area contributed by atoms with Crippen LogP contribution in [0.4, 0.5) is 0 Å². The maximum atomic E-state index is 5.49. The maximum Gasteiger partial charge on any atom is 0.159 e. The molecule has 0 bridgehead atoms. The fourth-order valence-corrected chi connectivity index (χ4v) is 11.7. The zero-order valence-corrected chi connectivity index (χ0v) is 33.2. The summed E-state index contributed by atoms with van der Waals surface area (Å²) in [7, 11) is 2.15. The summed E-state index contributed by atoms with van der Waals surface area (Å²) in [5, 5.41) is 2.55. The summed E-state index contributed by atoms with van der Waals surface area (Å²) in [5.74, 6) is 1.66. The molecule has 0 amide bonds. The second kappa shape index (κ2) is 12.4. The summed E-state index contributed by atoms with van der Waals surface area (Å²) in [4.78, 5) is 13.1. The topological polar surface area (TPSA) is 28.0 Å². The first-order valence-corrected chi connectivity index (χ1v) is 21.0. The van der Waals surface area contributed by atoms with Crippen LogP contribution in [0.25, 0.3) is 36.9 Å². The molecule has 3 aliphatic carbocycles. The van der Waals surface area contributed by atoms with Crippen LogP contribution in [-0.2, 0) is 10.8 Å². The van der Waals surface area contributed by atoms with Gasteiger partial charge < -0.3 is 4.90 Å². The minimum atomic E-state index is -0.377. The lowest BCUT2D eigenvalue weighted by Gasteiger charge is -2.38. The van der Waals surface area contributed by atoms with Gasteiger partial charge in [-0.15, -0.1) is 11.3 Å². The van der Waals surface area contributed by atoms with Crippen LogP contribution in [0.15, 0.2) is 198 Å². The molecule has 2 heterocycles. The summed E-state index contributed by atoms with van der Waals surface area (Å²) >= 11 is 1.84. The Morgan fingerprint density at radius 1 is 0.586 bits per heavy atom. The highest BCUT2D eigenvalue weighted by Crippen LogP contribution is 2.67. The lowest BCUT2D eigenvalue weighted by molar-refractivity contribution is 0.382.